The molecule has 0 aliphatic carbocycles. The molecule has 80 heavy (non-hydrogen) atoms. The van der Waals surface area contributed by atoms with Crippen LogP contribution in [0.5, 0.6) is 0 Å². The van der Waals surface area contributed by atoms with Crippen molar-refractivity contribution in [3.05, 3.63) is 0 Å². The van der Waals surface area contributed by atoms with Crippen molar-refractivity contribution in [3.63, 3.8) is 0 Å². The summed E-state index contributed by atoms with van der Waals surface area (Å²) in [5, 5.41) is 22.6. The van der Waals surface area contributed by atoms with Crippen molar-refractivity contribution in [2.24, 2.45) is 62.9 Å². The maximum Gasteiger partial charge on any atom is 0.326 e. The van der Waals surface area contributed by atoms with E-state index in [0.717, 1.165) is 16.7 Å². The summed E-state index contributed by atoms with van der Waals surface area (Å²) in [5.41, 5.74) is 40.3. The Bertz CT molecular complexity index is 2100. The lowest BCUT2D eigenvalue weighted by atomic mass is 9.90. The predicted molar refractivity (Wildman–Crippen MR) is 302 cm³/mol. The normalized spacial score (nSPS) is 17.9. The fourth-order valence-electron chi connectivity index (χ4n) is 9.39. The minimum absolute atomic E-state index is 0.00348. The number of Topliss-reactive ketones (excluding diaryl/α,β-unsaturated/α-hetero) is 2. The monoisotopic (exact) mass is 1150 g/mol. The van der Waals surface area contributed by atoms with Crippen molar-refractivity contribution in [1.82, 2.24) is 36.4 Å². The molecule has 27 nitrogen and oxygen atoms in total. The van der Waals surface area contributed by atoms with Crippen LogP contribution in [0.2, 0.25) is 0 Å². The van der Waals surface area contributed by atoms with Gasteiger partial charge in [0, 0.05) is 57.0 Å². The quantitative estimate of drug-likeness (QED) is 0.0128. The Morgan fingerprint density at radius 1 is 0.675 bits per heavy atom. The van der Waals surface area contributed by atoms with Gasteiger partial charge in [-0.1, -0.05) is 26.7 Å². The van der Waals surface area contributed by atoms with Crippen LogP contribution in [0.3, 0.4) is 0 Å². The summed E-state index contributed by atoms with van der Waals surface area (Å²) in [7, 11) is 1.38. The number of nitrogens with two attached hydrogens (primary N) is 7. The number of hydrogen-bond acceptors (Lipinski definition) is 18. The number of nitrogens with one attached hydrogen (secondary N) is 5. The van der Waals surface area contributed by atoms with Crippen LogP contribution in [-0.4, -0.2) is 186 Å². The van der Waals surface area contributed by atoms with Gasteiger partial charge >= 0.3 is 5.97 Å². The van der Waals surface area contributed by atoms with Gasteiger partial charge in [-0.05, 0) is 122 Å². The Balaban J connectivity index is 2.34. The van der Waals surface area contributed by atoms with Crippen LogP contribution < -0.4 is 66.7 Å². The number of nitrogens with zero attached hydrogens (tertiary/aromatic N) is 3. The van der Waals surface area contributed by atoms with Crippen LogP contribution in [0.25, 0.3) is 0 Å². The van der Waals surface area contributed by atoms with E-state index in [9.17, 15) is 57.8 Å². The Hall–Kier alpha value is -5.81. The SMILES string of the molecule is CC(C)[C@H](NC(=O)[C@H](CCCCN)CC(=O)[C@H](CCCN=C(N)N)NC(=O)[C@H](CCCCN)NC(=O)[C@H](CCCCN)NC(=O)[C@H](CCCCN)CC(=O)[C@@H]1CCCN1C(=O)CNC(=O)[C@@H](N)CSC1CC(=O)N(C)C1=O)C(=O)O. The average molecular weight is 1150 g/mol. The van der Waals surface area contributed by atoms with Crippen LogP contribution in [-0.2, 0) is 52.7 Å². The molecule has 9 atom stereocenters. The lowest BCUT2D eigenvalue weighted by Crippen LogP contribution is -2.56. The lowest BCUT2D eigenvalue weighted by molar-refractivity contribution is -0.144. The van der Waals surface area contributed by atoms with Crippen molar-refractivity contribution >= 4 is 82.5 Å². The fraction of sp³-hybridized carbons (Fsp3) is 0.769. The van der Waals surface area contributed by atoms with Gasteiger partial charge in [-0.25, -0.2) is 4.79 Å². The molecule has 0 saturated carbocycles. The highest BCUT2D eigenvalue weighted by Crippen LogP contribution is 2.26. The van der Waals surface area contributed by atoms with Gasteiger partial charge in [-0.2, -0.15) is 0 Å². The molecule has 2 aliphatic heterocycles. The number of amides is 8. The van der Waals surface area contributed by atoms with E-state index in [4.69, 9.17) is 40.1 Å². The molecule has 0 aromatic heterocycles. The number of guanidine groups is 1. The van der Waals surface area contributed by atoms with Gasteiger partial charge in [0.15, 0.2) is 17.5 Å². The van der Waals surface area contributed by atoms with Gasteiger partial charge in [-0.3, -0.25) is 57.8 Å². The highest BCUT2D eigenvalue weighted by Gasteiger charge is 2.39. The molecule has 0 aromatic carbocycles. The number of carboxylic acids is 1. The second kappa shape index (κ2) is 38.0. The molecule has 2 aliphatic rings. The number of ketones is 2. The third-order valence-electron chi connectivity index (χ3n) is 14.2. The molecule has 28 heteroatoms. The minimum Gasteiger partial charge on any atom is -0.480 e. The van der Waals surface area contributed by atoms with E-state index < -0.39 is 119 Å². The number of thioether (sulfide) groups is 1. The third-order valence-corrected chi connectivity index (χ3v) is 15.5. The van der Waals surface area contributed by atoms with Crippen molar-refractivity contribution in [2.45, 2.75) is 177 Å². The molecule has 2 fully saturated rings. The highest BCUT2D eigenvalue weighted by atomic mass is 32.2. The molecule has 0 bridgehead atoms. The summed E-state index contributed by atoms with van der Waals surface area (Å²) in [6.07, 6.45) is 4.71. The van der Waals surface area contributed by atoms with Gasteiger partial charge in [0.25, 0.3) is 0 Å². The summed E-state index contributed by atoms with van der Waals surface area (Å²) in [4.78, 5) is 154. The minimum atomic E-state index is -1.24. The zero-order chi connectivity index (χ0) is 59.9. The number of carboxylic acid groups (broad SMARTS) is 1. The van der Waals surface area contributed by atoms with Crippen molar-refractivity contribution in [2.75, 3.05) is 58.6 Å². The second-order valence-electron chi connectivity index (χ2n) is 21.0. The number of carbonyl (C=O) groups is 11. The number of rotatable bonds is 42. The number of aliphatic imine (C=N–C) groups is 1. The Morgan fingerprint density at radius 2 is 1.18 bits per heavy atom. The molecule has 2 rings (SSSR count). The lowest BCUT2D eigenvalue weighted by Gasteiger charge is -2.28. The van der Waals surface area contributed by atoms with Crippen LogP contribution in [0.1, 0.15) is 136 Å². The number of aliphatic carboxylic acids is 1. The van der Waals surface area contributed by atoms with E-state index in [2.05, 4.69) is 31.6 Å². The second-order valence-corrected chi connectivity index (χ2v) is 22.2. The Kier molecular flexibility index (Phi) is 33.4. The molecule has 1 unspecified atom stereocenters. The molecule has 2 heterocycles. The number of carbonyl (C=O) groups excluding carboxylic acids is 10. The van der Waals surface area contributed by atoms with E-state index in [1.807, 2.05) is 0 Å². The van der Waals surface area contributed by atoms with Gasteiger partial charge in [-0.15, -0.1) is 11.8 Å². The smallest absolute Gasteiger partial charge is 0.326 e. The first-order valence-corrected chi connectivity index (χ1v) is 29.2. The van der Waals surface area contributed by atoms with Gasteiger partial charge in [0.1, 0.15) is 18.1 Å². The first kappa shape index (κ1) is 70.3. The maximum absolute atomic E-state index is 14.4. The van der Waals surface area contributed by atoms with Crippen molar-refractivity contribution < 1.29 is 57.8 Å². The topological polar surface area (TPSA) is 469 Å². The molecule has 0 radical (unpaired) electrons. The Labute approximate surface area is 474 Å². The molecule has 0 spiro atoms. The standard InChI is InChI=1S/C52H93N15O12S/c1-31(2)44(51(78)79)65-46(73)32(14-4-8-20-53)26-39(68)35(18-12-24-60-52(58)59)62-48(75)37(17-7-11-23-56)64-49(76)36(16-6-10-22-55)63-45(72)33(15-5-9-21-54)27-40(69)38-19-13-25-67(38)43(71)29-61-47(74)34(57)30-80-41-28-42(70)66(3)50(41)77/h31-38,41,44H,4-30,53-57H2,1-3H3,(H,61,74)(H,62,75)(H,63,72)(H,64,76)(H,65,73)(H,78,79)(H4,58,59,60)/t32-,33-,34+,35+,36+,37+,38+,41?,44+/m1/s1. The summed E-state index contributed by atoms with van der Waals surface area (Å²) in [5.74, 6) is -9.32. The van der Waals surface area contributed by atoms with Crippen LogP contribution in [0.15, 0.2) is 4.99 Å². The van der Waals surface area contributed by atoms with E-state index in [-0.39, 0.29) is 107 Å². The molecule has 0 aromatic rings. The molecule has 454 valence electrons. The van der Waals surface area contributed by atoms with Gasteiger partial charge in [0.2, 0.25) is 47.3 Å². The van der Waals surface area contributed by atoms with Gasteiger partial charge < -0.3 is 76.7 Å². The average Bonchev–Trinajstić information content (AvgIpc) is 4.01. The largest absolute Gasteiger partial charge is 0.480 e. The molecule has 8 amide bonds. The maximum atomic E-state index is 14.4. The first-order valence-electron chi connectivity index (χ1n) is 28.1. The molecular weight excluding hydrogens is 1060 g/mol. The third kappa shape index (κ3) is 24.9. The van der Waals surface area contributed by atoms with Crippen LogP contribution in [0.4, 0.5) is 0 Å². The fourth-order valence-corrected chi connectivity index (χ4v) is 10.5. The van der Waals surface area contributed by atoms with Gasteiger partial charge in [0.05, 0.1) is 29.9 Å². The van der Waals surface area contributed by atoms with E-state index in [1.165, 1.54) is 11.9 Å². The summed E-state index contributed by atoms with van der Waals surface area (Å²) in [6.45, 7) is 4.33. The first-order chi connectivity index (χ1) is 38.0. The molecule has 20 N–H and O–H groups in total. The Morgan fingerprint density at radius 3 is 1.68 bits per heavy atom. The highest BCUT2D eigenvalue weighted by molar-refractivity contribution is 8.00. The molecule has 2 saturated heterocycles. The summed E-state index contributed by atoms with van der Waals surface area (Å²) in [6, 6.07) is -6.87. The zero-order valence-corrected chi connectivity index (χ0v) is 47.9. The summed E-state index contributed by atoms with van der Waals surface area (Å²) < 4.78 is 0. The van der Waals surface area contributed by atoms with E-state index in [1.54, 1.807) is 13.8 Å². The predicted octanol–water partition coefficient (Wildman–Crippen LogP) is -2.69. The zero-order valence-electron chi connectivity index (χ0n) is 47.1. The van der Waals surface area contributed by atoms with E-state index >= 15 is 0 Å². The van der Waals surface area contributed by atoms with Crippen molar-refractivity contribution in [3.8, 4) is 0 Å². The number of hydrogen-bond donors (Lipinski definition) is 13. The van der Waals surface area contributed by atoms with Crippen LogP contribution in [0, 0.1) is 17.8 Å². The number of likely N-dealkylation sites (tertiary alicyclic amines) is 2. The summed E-state index contributed by atoms with van der Waals surface area (Å²) >= 11 is 1.08. The van der Waals surface area contributed by atoms with Crippen molar-refractivity contribution in [1.29, 1.82) is 0 Å². The number of imide groups is 1. The number of unbranched alkanes of at least 4 members (excludes halogenated alkanes) is 4. The van der Waals surface area contributed by atoms with E-state index in [0.29, 0.717) is 77.3 Å². The van der Waals surface area contributed by atoms with Crippen LogP contribution >= 0.6 is 11.8 Å². The molecular formula is C52H93N15O12S.